The van der Waals surface area contributed by atoms with Crippen molar-refractivity contribution in [3.63, 3.8) is 0 Å². The minimum atomic E-state index is -0.565. The van der Waals surface area contributed by atoms with Crippen molar-refractivity contribution in [1.82, 2.24) is 79.9 Å². The molecular formula is C108H116N16O20. The van der Waals surface area contributed by atoms with Crippen molar-refractivity contribution in [2.24, 2.45) is 10.8 Å². The van der Waals surface area contributed by atoms with Gasteiger partial charge >= 0.3 is 0 Å². The van der Waals surface area contributed by atoms with Crippen LogP contribution in [-0.4, -0.2) is 265 Å². The fourth-order valence-corrected chi connectivity index (χ4v) is 16.2. The third-order valence-corrected chi connectivity index (χ3v) is 23.7. The minimum Gasteiger partial charge on any atom is -0.491 e. The fraction of sp³-hybridized carbons (Fsp3) is 0.370. The molecule has 144 heavy (non-hydrogen) atoms. The van der Waals surface area contributed by atoms with Gasteiger partial charge in [0.05, 0.1) is 277 Å². The van der Waals surface area contributed by atoms with Crippen molar-refractivity contribution in [2.45, 2.75) is 66.7 Å². The number of ether oxygens (including phenoxy) is 20. The van der Waals surface area contributed by atoms with Gasteiger partial charge in [-0.25, -0.2) is 38.7 Å². The summed E-state index contributed by atoms with van der Waals surface area (Å²) in [7, 11) is 0. The molecule has 0 radical (unpaired) electrons. The zero-order chi connectivity index (χ0) is 97.9. The first-order valence-electron chi connectivity index (χ1n) is 48.5. The second kappa shape index (κ2) is 49.2. The summed E-state index contributed by atoms with van der Waals surface area (Å²) < 4.78 is 125. The molecule has 0 aliphatic carbocycles. The van der Waals surface area contributed by atoms with Gasteiger partial charge in [-0.15, -0.1) is 20.4 Å². The Balaban J connectivity index is 0.000000182. The van der Waals surface area contributed by atoms with Gasteiger partial charge in [-0.2, -0.15) is 0 Å². The van der Waals surface area contributed by atoms with E-state index in [4.69, 9.17) is 115 Å². The predicted octanol–water partition coefficient (Wildman–Crippen LogP) is 15.8. The van der Waals surface area contributed by atoms with E-state index in [1.807, 2.05) is 183 Å². The van der Waals surface area contributed by atoms with Crippen molar-refractivity contribution >= 4 is 43.6 Å². The molecule has 36 heteroatoms. The van der Waals surface area contributed by atoms with Crippen LogP contribution in [0.3, 0.4) is 0 Å². The molecule has 0 spiro atoms. The number of rotatable bonds is 2. The Labute approximate surface area is 832 Å². The molecule has 2 fully saturated rings. The van der Waals surface area contributed by atoms with Gasteiger partial charge in [0, 0.05) is 65.8 Å². The van der Waals surface area contributed by atoms with Gasteiger partial charge in [-0.1, -0.05) is 97.1 Å². The normalized spacial score (nSPS) is 17.6. The lowest BCUT2D eigenvalue weighted by Gasteiger charge is -2.34. The number of benzene rings is 8. The minimum absolute atomic E-state index is 0.0897. The third kappa shape index (κ3) is 27.3. The van der Waals surface area contributed by atoms with E-state index in [2.05, 4.69) is 117 Å². The van der Waals surface area contributed by atoms with Crippen LogP contribution in [0, 0.1) is 10.8 Å². The fourth-order valence-electron chi connectivity index (χ4n) is 16.2. The summed E-state index contributed by atoms with van der Waals surface area (Å²) in [6.45, 7) is 21.6. The Bertz CT molecular complexity index is 6050. The quantitative estimate of drug-likeness (QED) is 0.145. The molecule has 16 heterocycles. The number of aromatic nitrogens is 16. The van der Waals surface area contributed by atoms with Crippen LogP contribution in [0.4, 0.5) is 0 Å². The lowest BCUT2D eigenvalue weighted by Crippen LogP contribution is -2.33. The topological polar surface area (TPSA) is 359 Å². The number of pyridine rings is 4. The van der Waals surface area contributed by atoms with Crippen LogP contribution in [-0.2, 0) is 102 Å². The number of nitrogens with zero attached hydrogens (tertiary/aromatic N) is 16. The van der Waals surface area contributed by atoms with E-state index >= 15 is 0 Å². The number of fused-ring (bicyclic) bond motifs is 4. The SMILES string of the molecule is CC1(C)COC(c2cc3cc(c2)-n2cc(nn2)COCCOCCOCCOc2ccc(cc2)-c2ccc4ccc5ccc(nc5c4n2)-c2ccc(cc2)OCCOCCOCCOCc2cn-3nn2)OC1.CC1(C)COC(c2cc3cc(c2)-n2cc(nn2)COCCOCCOCCOc2ccc(cc2)-c2ccc4ccc5ccc(nc5c4n2)-c2ccc(cc2)OCCOCCOCCOCc2cn-3nn2)OC1. The summed E-state index contributed by atoms with van der Waals surface area (Å²) in [6, 6.07) is 68.4. The zero-order valence-corrected chi connectivity index (χ0v) is 81.0. The van der Waals surface area contributed by atoms with E-state index in [1.165, 1.54) is 0 Å². The van der Waals surface area contributed by atoms with Gasteiger partial charge in [0.15, 0.2) is 12.6 Å². The van der Waals surface area contributed by atoms with Gasteiger partial charge in [-0.05, 0) is 158 Å². The molecule has 0 unspecified atom stereocenters. The van der Waals surface area contributed by atoms with E-state index < -0.39 is 12.6 Å². The molecule has 0 saturated carbocycles. The van der Waals surface area contributed by atoms with Gasteiger partial charge in [0.25, 0.3) is 0 Å². The highest BCUT2D eigenvalue weighted by atomic mass is 16.7. The molecule has 8 aromatic heterocycles. The van der Waals surface area contributed by atoms with Crippen LogP contribution in [0.1, 0.15) is 74.2 Å². The van der Waals surface area contributed by atoms with Crippen molar-refractivity contribution in [1.29, 1.82) is 0 Å². The highest BCUT2D eigenvalue weighted by Gasteiger charge is 2.32. The van der Waals surface area contributed by atoms with Gasteiger partial charge < -0.3 is 94.7 Å². The van der Waals surface area contributed by atoms with Crippen molar-refractivity contribution in [3.05, 3.63) is 265 Å². The molecule has 36 nitrogen and oxygen atoms in total. The number of hydrogen-bond donors (Lipinski definition) is 0. The summed E-state index contributed by atoms with van der Waals surface area (Å²) >= 11 is 0. The van der Waals surface area contributed by atoms with E-state index in [1.54, 1.807) is 18.7 Å². The number of hydrogen-bond acceptors (Lipinski definition) is 32. The molecular weight excluding hydrogens is 1840 g/mol. The van der Waals surface area contributed by atoms with Gasteiger partial charge in [0.2, 0.25) is 0 Å². The zero-order valence-electron chi connectivity index (χ0n) is 81.0. The molecule has 8 aliphatic rings. The Kier molecular flexibility index (Phi) is 33.9. The van der Waals surface area contributed by atoms with E-state index in [0.29, 0.717) is 208 Å². The summed E-state index contributed by atoms with van der Waals surface area (Å²) in [5.41, 5.74) is 17.7. The first-order chi connectivity index (χ1) is 70.8. The van der Waals surface area contributed by atoms with Crippen LogP contribution < -0.4 is 18.9 Å². The van der Waals surface area contributed by atoms with Crippen LogP contribution >= 0.6 is 0 Å². The highest BCUT2D eigenvalue weighted by Crippen LogP contribution is 2.38. The van der Waals surface area contributed by atoms with Crippen molar-refractivity contribution in [3.8, 4) is 90.8 Å². The summed E-state index contributed by atoms with van der Waals surface area (Å²) in [4.78, 5) is 20.4. The van der Waals surface area contributed by atoms with Crippen LogP contribution in [0.5, 0.6) is 23.0 Å². The maximum Gasteiger partial charge on any atom is 0.183 e. The van der Waals surface area contributed by atoms with Crippen LogP contribution in [0.2, 0.25) is 0 Å². The predicted molar refractivity (Wildman–Crippen MR) is 532 cm³/mol. The average Bonchev–Trinajstić information content (AvgIpc) is 1.06. The second-order valence-corrected chi connectivity index (χ2v) is 36.2. The summed E-state index contributed by atoms with van der Waals surface area (Å²) in [5, 5.41) is 39.1. The molecule has 8 aliphatic heterocycles. The molecule has 8 aromatic carbocycles. The molecule has 16 aromatic rings. The Morgan fingerprint density at radius 3 is 0.653 bits per heavy atom. The van der Waals surface area contributed by atoms with Crippen molar-refractivity contribution in [2.75, 3.05) is 185 Å². The molecule has 24 rings (SSSR count). The van der Waals surface area contributed by atoms with Crippen LogP contribution in [0.25, 0.3) is 111 Å². The summed E-state index contributed by atoms with van der Waals surface area (Å²) in [5.74, 6) is 2.99. The van der Waals surface area contributed by atoms with E-state index in [-0.39, 0.29) is 37.3 Å². The first-order valence-corrected chi connectivity index (χ1v) is 48.5. The maximum atomic E-state index is 6.17. The lowest BCUT2D eigenvalue weighted by molar-refractivity contribution is -0.226. The largest absolute Gasteiger partial charge is 0.491 e. The Morgan fingerprint density at radius 1 is 0.229 bits per heavy atom. The average molecular weight is 1960 g/mol. The smallest absolute Gasteiger partial charge is 0.183 e. The molecule has 748 valence electrons. The Hall–Kier alpha value is -13.5. The first kappa shape index (κ1) is 99.3. The molecule has 0 N–H and O–H groups in total. The molecule has 28 bridgehead atoms. The molecule has 0 amide bonds. The van der Waals surface area contributed by atoms with Gasteiger partial charge in [0.1, 0.15) is 72.2 Å². The lowest BCUT2D eigenvalue weighted by atomic mass is 9.95. The van der Waals surface area contributed by atoms with Crippen LogP contribution in [0.15, 0.2) is 231 Å². The van der Waals surface area contributed by atoms with E-state index in [0.717, 1.165) is 146 Å². The van der Waals surface area contributed by atoms with Crippen molar-refractivity contribution < 1.29 is 94.7 Å². The monoisotopic (exact) mass is 1960 g/mol. The van der Waals surface area contributed by atoms with E-state index in [9.17, 15) is 0 Å². The molecule has 0 atom stereocenters. The third-order valence-electron chi connectivity index (χ3n) is 23.7. The Morgan fingerprint density at radius 2 is 0.431 bits per heavy atom. The highest BCUT2D eigenvalue weighted by molar-refractivity contribution is 6.05. The maximum absolute atomic E-state index is 6.17. The summed E-state index contributed by atoms with van der Waals surface area (Å²) in [6.07, 6.45) is 6.20. The standard InChI is InChI=1S/2C54H58N8O10/c2*1-54(2)36-71-53(72-37-54)42-29-45-31-46(30-42)62-33-44(58-60-62)35-68-24-22-64-18-20-66-26-28-70-48-13-7-39(8-14-48)50-16-10-41-4-3-40-9-15-49(55-51(40)52(41)56-50)38-5-11-47(12-6-38)69-27-25-65-19-17-63-21-23-67-34-43-32-61(45)59-57-43/h2*3-16,29-33,53H,17-28,34-37H2,1-2H3. The second-order valence-electron chi connectivity index (χ2n) is 36.2. The molecule has 2 saturated heterocycles. The van der Waals surface area contributed by atoms with Gasteiger partial charge in [-0.3, -0.25) is 0 Å².